The molecule has 1 aromatic carbocycles. The molecule has 0 spiro atoms. The Hall–Kier alpha value is -2.12. The number of nitrogens with zero attached hydrogens (tertiary/aromatic N) is 3. The Kier molecular flexibility index (Phi) is 6.99. The fourth-order valence-electron chi connectivity index (χ4n) is 2.94. The summed E-state index contributed by atoms with van der Waals surface area (Å²) in [6, 6.07) is 7.81. The van der Waals surface area contributed by atoms with Crippen molar-refractivity contribution in [2.75, 3.05) is 13.1 Å². The van der Waals surface area contributed by atoms with E-state index in [1.807, 2.05) is 45.0 Å². The molecule has 0 unspecified atom stereocenters. The van der Waals surface area contributed by atoms with Gasteiger partial charge in [-0.1, -0.05) is 5.21 Å². The van der Waals surface area contributed by atoms with Gasteiger partial charge in [-0.15, -0.1) is 17.5 Å². The molecule has 2 heterocycles. The summed E-state index contributed by atoms with van der Waals surface area (Å²) in [5.41, 5.74) is 1.95. The number of amides is 1. The van der Waals surface area contributed by atoms with Crippen molar-refractivity contribution in [3.8, 4) is 11.4 Å². The van der Waals surface area contributed by atoms with Crippen LogP contribution in [-0.2, 0) is 0 Å². The standard InChI is InChI=1S/C18H25N5O2.ClH/c1-12(2)25-16-6-4-15(5-7-16)23-13(3)17(21-22-23)18(24)20-14-8-10-19-11-9-14;/h4-7,12,14,19H,8-11H2,1-3H3,(H,20,24);1H. The molecule has 0 atom stereocenters. The van der Waals surface area contributed by atoms with Crippen molar-refractivity contribution in [3.63, 3.8) is 0 Å². The van der Waals surface area contributed by atoms with Gasteiger partial charge >= 0.3 is 0 Å². The van der Waals surface area contributed by atoms with Gasteiger partial charge in [0.1, 0.15) is 5.75 Å². The first kappa shape index (κ1) is 20.2. The number of carbonyl (C=O) groups is 1. The minimum Gasteiger partial charge on any atom is -0.491 e. The molecule has 1 saturated heterocycles. The Labute approximate surface area is 159 Å². The fourth-order valence-corrected chi connectivity index (χ4v) is 2.94. The summed E-state index contributed by atoms with van der Waals surface area (Å²) >= 11 is 0. The number of nitrogens with one attached hydrogen (secondary N) is 2. The highest BCUT2D eigenvalue weighted by Gasteiger charge is 2.21. The third-order valence-corrected chi connectivity index (χ3v) is 4.24. The maximum atomic E-state index is 12.5. The highest BCUT2D eigenvalue weighted by Crippen LogP contribution is 2.18. The van der Waals surface area contributed by atoms with Crippen molar-refractivity contribution in [2.24, 2.45) is 0 Å². The summed E-state index contributed by atoms with van der Waals surface area (Å²) in [6.07, 6.45) is 2.01. The monoisotopic (exact) mass is 379 g/mol. The van der Waals surface area contributed by atoms with Gasteiger partial charge in [0.05, 0.1) is 17.5 Å². The highest BCUT2D eigenvalue weighted by molar-refractivity contribution is 5.93. The minimum atomic E-state index is -0.157. The fraction of sp³-hybridized carbons (Fsp3) is 0.500. The molecule has 2 aromatic rings. The van der Waals surface area contributed by atoms with E-state index in [9.17, 15) is 4.79 Å². The van der Waals surface area contributed by atoms with E-state index < -0.39 is 0 Å². The summed E-state index contributed by atoms with van der Waals surface area (Å²) in [5, 5.41) is 14.6. The van der Waals surface area contributed by atoms with Gasteiger partial charge in [0.2, 0.25) is 0 Å². The predicted molar refractivity (Wildman–Crippen MR) is 102 cm³/mol. The number of rotatable bonds is 5. The summed E-state index contributed by atoms with van der Waals surface area (Å²) in [7, 11) is 0. The van der Waals surface area contributed by atoms with E-state index >= 15 is 0 Å². The largest absolute Gasteiger partial charge is 0.491 e. The van der Waals surface area contributed by atoms with Crippen LogP contribution < -0.4 is 15.4 Å². The zero-order valence-corrected chi connectivity index (χ0v) is 16.2. The number of carbonyl (C=O) groups excluding carboxylic acids is 1. The molecule has 0 radical (unpaired) electrons. The smallest absolute Gasteiger partial charge is 0.273 e. The van der Waals surface area contributed by atoms with Crippen LogP contribution in [0.15, 0.2) is 24.3 Å². The van der Waals surface area contributed by atoms with Crippen molar-refractivity contribution in [3.05, 3.63) is 35.7 Å². The molecule has 1 amide bonds. The number of aromatic nitrogens is 3. The summed E-state index contributed by atoms with van der Waals surface area (Å²) in [6.45, 7) is 7.70. The van der Waals surface area contributed by atoms with Gasteiger partial charge in [0, 0.05) is 6.04 Å². The Morgan fingerprint density at radius 3 is 2.54 bits per heavy atom. The number of ether oxygens (including phenoxy) is 1. The SMILES string of the molecule is Cc1c(C(=O)NC2CCNCC2)nnn1-c1ccc(OC(C)C)cc1.Cl. The molecular formula is C18H26ClN5O2. The Balaban J connectivity index is 0.00000243. The summed E-state index contributed by atoms with van der Waals surface area (Å²) < 4.78 is 7.33. The van der Waals surface area contributed by atoms with Crippen LogP contribution in [0.4, 0.5) is 0 Å². The molecule has 3 rings (SSSR count). The molecule has 8 heteroatoms. The number of benzene rings is 1. The summed E-state index contributed by atoms with van der Waals surface area (Å²) in [4.78, 5) is 12.5. The van der Waals surface area contributed by atoms with Gasteiger partial charge in [-0.05, 0) is 71.0 Å². The van der Waals surface area contributed by atoms with Crippen LogP contribution >= 0.6 is 12.4 Å². The van der Waals surface area contributed by atoms with Crippen molar-refractivity contribution in [2.45, 2.75) is 45.8 Å². The normalized spacial score (nSPS) is 14.8. The third kappa shape index (κ3) is 4.74. The Morgan fingerprint density at radius 2 is 1.92 bits per heavy atom. The average molecular weight is 380 g/mol. The number of piperidine rings is 1. The molecule has 2 N–H and O–H groups in total. The van der Waals surface area contributed by atoms with E-state index in [-0.39, 0.29) is 30.5 Å². The molecule has 1 aliphatic rings. The highest BCUT2D eigenvalue weighted by atomic mass is 35.5. The van der Waals surface area contributed by atoms with E-state index in [1.54, 1.807) is 4.68 Å². The first-order valence-electron chi connectivity index (χ1n) is 8.75. The number of halogens is 1. The summed E-state index contributed by atoms with van der Waals surface area (Å²) in [5.74, 6) is 0.649. The van der Waals surface area contributed by atoms with Crippen molar-refractivity contribution >= 4 is 18.3 Å². The van der Waals surface area contributed by atoms with Crippen LogP contribution in [0, 0.1) is 6.92 Å². The van der Waals surface area contributed by atoms with Crippen molar-refractivity contribution in [1.29, 1.82) is 0 Å². The quantitative estimate of drug-likeness (QED) is 0.832. The molecule has 0 aliphatic carbocycles. The maximum Gasteiger partial charge on any atom is 0.273 e. The lowest BCUT2D eigenvalue weighted by Gasteiger charge is -2.23. The first-order chi connectivity index (χ1) is 12.0. The molecule has 7 nitrogen and oxygen atoms in total. The zero-order chi connectivity index (χ0) is 17.8. The van der Waals surface area contributed by atoms with Gasteiger partial charge in [0.25, 0.3) is 5.91 Å². The maximum absolute atomic E-state index is 12.5. The van der Waals surface area contributed by atoms with Gasteiger partial charge in [-0.3, -0.25) is 4.79 Å². The molecule has 0 saturated carbocycles. The predicted octanol–water partition coefficient (Wildman–Crippen LogP) is 2.27. The van der Waals surface area contributed by atoms with Crippen LogP contribution in [0.2, 0.25) is 0 Å². The van der Waals surface area contributed by atoms with Crippen molar-refractivity contribution < 1.29 is 9.53 Å². The minimum absolute atomic E-state index is 0. The van der Waals surface area contributed by atoms with E-state index in [0.29, 0.717) is 5.69 Å². The van der Waals surface area contributed by atoms with Gasteiger partial charge in [-0.2, -0.15) is 0 Å². The lowest BCUT2D eigenvalue weighted by molar-refractivity contribution is 0.0923. The molecular weight excluding hydrogens is 354 g/mol. The van der Waals surface area contributed by atoms with Crippen LogP contribution in [0.25, 0.3) is 5.69 Å². The average Bonchev–Trinajstić information content (AvgIpc) is 2.98. The second-order valence-electron chi connectivity index (χ2n) is 6.59. The van der Waals surface area contributed by atoms with E-state index in [1.165, 1.54) is 0 Å². The van der Waals surface area contributed by atoms with Crippen LogP contribution in [0.1, 0.15) is 42.9 Å². The zero-order valence-electron chi connectivity index (χ0n) is 15.4. The van der Waals surface area contributed by atoms with Crippen molar-refractivity contribution in [1.82, 2.24) is 25.6 Å². The van der Waals surface area contributed by atoms with E-state index in [2.05, 4.69) is 20.9 Å². The van der Waals surface area contributed by atoms with Crippen LogP contribution in [0.3, 0.4) is 0 Å². The topological polar surface area (TPSA) is 81.1 Å². The van der Waals surface area contributed by atoms with Gasteiger partial charge in [-0.25, -0.2) is 4.68 Å². The van der Waals surface area contributed by atoms with Crippen LogP contribution in [-0.4, -0.2) is 46.1 Å². The molecule has 0 bridgehead atoms. The molecule has 1 aliphatic heterocycles. The van der Waals surface area contributed by atoms with Crippen LogP contribution in [0.5, 0.6) is 5.75 Å². The van der Waals surface area contributed by atoms with E-state index in [0.717, 1.165) is 43.1 Å². The molecule has 1 fully saturated rings. The lowest BCUT2D eigenvalue weighted by atomic mass is 10.1. The number of hydrogen-bond donors (Lipinski definition) is 2. The lowest BCUT2D eigenvalue weighted by Crippen LogP contribution is -2.43. The third-order valence-electron chi connectivity index (χ3n) is 4.24. The number of hydrogen-bond acceptors (Lipinski definition) is 5. The van der Waals surface area contributed by atoms with Gasteiger partial charge in [0.15, 0.2) is 5.69 Å². The first-order valence-corrected chi connectivity index (χ1v) is 8.75. The second-order valence-corrected chi connectivity index (χ2v) is 6.59. The Morgan fingerprint density at radius 1 is 1.27 bits per heavy atom. The molecule has 1 aromatic heterocycles. The molecule has 26 heavy (non-hydrogen) atoms. The second kappa shape index (κ2) is 9.00. The molecule has 142 valence electrons. The van der Waals surface area contributed by atoms with E-state index in [4.69, 9.17) is 4.74 Å². The Bertz CT molecular complexity index is 724. The van der Waals surface area contributed by atoms with Gasteiger partial charge < -0.3 is 15.4 Å².